The number of ketones is 1. The molecule has 2 heterocycles. The third kappa shape index (κ3) is 5.29. The van der Waals surface area contributed by atoms with Gasteiger partial charge in [0, 0.05) is 31.1 Å². The first-order valence-corrected chi connectivity index (χ1v) is 12.3. The van der Waals surface area contributed by atoms with Crippen LogP contribution in [-0.4, -0.2) is 37.5 Å². The van der Waals surface area contributed by atoms with E-state index in [4.69, 9.17) is 10.6 Å². The van der Waals surface area contributed by atoms with E-state index in [1.165, 1.54) is 29.5 Å². The number of nitrogens with one attached hydrogen (secondary N) is 1. The molecule has 0 radical (unpaired) electrons. The second kappa shape index (κ2) is 9.97. The quantitative estimate of drug-likeness (QED) is 0.273. The number of Topliss-reactive ketones (excluding diaryl/α,β-unsaturated/α-hetero) is 1. The molecule has 0 saturated carbocycles. The summed E-state index contributed by atoms with van der Waals surface area (Å²) in [6.07, 6.45) is 4.89. The molecule has 0 bridgehead atoms. The highest BCUT2D eigenvalue weighted by atomic mass is 32.2. The number of aromatic nitrogens is 2. The maximum absolute atomic E-state index is 12.6. The van der Waals surface area contributed by atoms with Gasteiger partial charge < -0.3 is 10.1 Å². The maximum Gasteiger partial charge on any atom is 0.177 e. The zero-order valence-electron chi connectivity index (χ0n) is 19.0. The molecule has 3 rings (SSSR count). The molecule has 0 saturated heterocycles. The Morgan fingerprint density at radius 3 is 2.39 bits per heavy atom. The Balaban J connectivity index is 2.03. The van der Waals surface area contributed by atoms with Gasteiger partial charge in [-0.3, -0.25) is 9.80 Å². The largest absolute Gasteiger partial charge is 0.494 e. The predicted molar refractivity (Wildman–Crippen MR) is 128 cm³/mol. The summed E-state index contributed by atoms with van der Waals surface area (Å²) in [7, 11) is -1.77. The van der Waals surface area contributed by atoms with E-state index in [1.807, 2.05) is 25.1 Å². The normalized spacial score (nSPS) is 11.2. The van der Waals surface area contributed by atoms with Crippen LogP contribution in [0, 0.1) is 0 Å². The fraction of sp³-hybridized carbons (Fsp3) is 0.261. The minimum absolute atomic E-state index is 0.110. The lowest BCUT2D eigenvalue weighted by Gasteiger charge is -2.25. The van der Waals surface area contributed by atoms with E-state index in [9.17, 15) is 13.2 Å². The summed E-state index contributed by atoms with van der Waals surface area (Å²) in [5, 5.41) is 4.43. The number of pyridine rings is 2. The highest BCUT2D eigenvalue weighted by Gasteiger charge is 2.20. The van der Waals surface area contributed by atoms with Gasteiger partial charge in [-0.2, -0.15) is 0 Å². The fourth-order valence-corrected chi connectivity index (χ4v) is 3.89. The van der Waals surface area contributed by atoms with Gasteiger partial charge in [-0.25, -0.2) is 24.2 Å². The van der Waals surface area contributed by atoms with Crippen LogP contribution in [0.15, 0.2) is 53.7 Å². The van der Waals surface area contributed by atoms with Crippen molar-refractivity contribution in [2.45, 2.75) is 31.6 Å². The van der Waals surface area contributed by atoms with E-state index in [1.54, 1.807) is 20.1 Å². The number of aryl methyl sites for hydroxylation is 1. The number of hydrogen-bond donors (Lipinski definition) is 2. The van der Waals surface area contributed by atoms with E-state index in [2.05, 4.69) is 15.3 Å². The van der Waals surface area contributed by atoms with E-state index in [0.717, 1.165) is 18.2 Å². The van der Waals surface area contributed by atoms with Crippen molar-refractivity contribution in [2.75, 3.05) is 23.7 Å². The topological polar surface area (TPSA) is 128 Å². The molecule has 0 aliphatic heterocycles. The van der Waals surface area contributed by atoms with Crippen LogP contribution in [0.1, 0.15) is 36.2 Å². The Labute approximate surface area is 193 Å². The van der Waals surface area contributed by atoms with Crippen molar-refractivity contribution in [2.24, 2.45) is 5.84 Å². The smallest absolute Gasteiger partial charge is 0.177 e. The lowest BCUT2D eigenvalue weighted by molar-refractivity contribution is 0.0988. The number of anilines is 4. The number of para-hydroxylation sites is 1. The molecule has 0 unspecified atom stereocenters. The molecule has 0 aliphatic rings. The molecule has 174 valence electrons. The fourth-order valence-electron chi connectivity index (χ4n) is 3.33. The van der Waals surface area contributed by atoms with Crippen molar-refractivity contribution >= 4 is 38.6 Å². The number of benzene rings is 1. The first kappa shape index (κ1) is 24.1. The van der Waals surface area contributed by atoms with Gasteiger partial charge in [0.25, 0.3) is 0 Å². The second-order valence-electron chi connectivity index (χ2n) is 7.33. The number of rotatable bonds is 9. The lowest BCUT2D eigenvalue weighted by Crippen LogP contribution is -2.28. The van der Waals surface area contributed by atoms with Gasteiger partial charge in [-0.05, 0) is 30.2 Å². The minimum Gasteiger partial charge on any atom is -0.494 e. The third-order valence-electron chi connectivity index (χ3n) is 5.10. The summed E-state index contributed by atoms with van der Waals surface area (Å²) in [5.74, 6) is 7.80. The van der Waals surface area contributed by atoms with E-state index in [0.29, 0.717) is 34.3 Å². The van der Waals surface area contributed by atoms with Crippen LogP contribution in [0.5, 0.6) is 5.75 Å². The Hall–Kier alpha value is -3.50. The minimum atomic E-state index is -3.35. The van der Waals surface area contributed by atoms with Gasteiger partial charge in [-0.1, -0.05) is 26.0 Å². The number of methoxy groups -OCH3 is 1. The molecular formula is C23H27N5O4S. The molecule has 0 amide bonds. The molecule has 2 aromatic heterocycles. The number of carbonyl (C=O) groups is 1. The van der Waals surface area contributed by atoms with Crippen molar-refractivity contribution in [3.05, 3.63) is 59.9 Å². The van der Waals surface area contributed by atoms with Crippen molar-refractivity contribution in [1.82, 2.24) is 9.97 Å². The molecule has 33 heavy (non-hydrogen) atoms. The molecule has 0 fully saturated rings. The van der Waals surface area contributed by atoms with Crippen LogP contribution in [-0.2, 0) is 16.3 Å². The number of hydrogen-bond acceptors (Lipinski definition) is 9. The average Bonchev–Trinajstić information content (AvgIpc) is 2.82. The summed E-state index contributed by atoms with van der Waals surface area (Å²) in [6, 6.07) is 10.3. The van der Waals surface area contributed by atoms with Gasteiger partial charge in [0.2, 0.25) is 0 Å². The number of sulfone groups is 1. The standard InChI is InChI=1S/C23H27N5O4S/c1-5-15-8-7-9-18(23(15)32-3)28(24)19-12-22(26-14-17(19)20(29)6-2)27-21-11-10-16(13-25-21)33(4,30)31/h7-14H,5-6,24H2,1-4H3,(H,25,26,27). The molecule has 3 aromatic rings. The van der Waals surface area contributed by atoms with Crippen molar-refractivity contribution in [3.63, 3.8) is 0 Å². The Kier molecular flexibility index (Phi) is 7.29. The Morgan fingerprint density at radius 2 is 1.82 bits per heavy atom. The molecule has 3 N–H and O–H groups in total. The van der Waals surface area contributed by atoms with Gasteiger partial charge in [-0.15, -0.1) is 0 Å². The van der Waals surface area contributed by atoms with Crippen LogP contribution < -0.4 is 20.9 Å². The Bertz CT molecular complexity index is 1260. The van der Waals surface area contributed by atoms with E-state index >= 15 is 0 Å². The van der Waals surface area contributed by atoms with Crippen LogP contribution in [0.4, 0.5) is 23.0 Å². The van der Waals surface area contributed by atoms with Crippen LogP contribution in [0.25, 0.3) is 0 Å². The first-order chi connectivity index (χ1) is 15.7. The summed E-state index contributed by atoms with van der Waals surface area (Å²) < 4.78 is 28.9. The second-order valence-corrected chi connectivity index (χ2v) is 9.35. The summed E-state index contributed by atoms with van der Waals surface area (Å²) >= 11 is 0. The van der Waals surface area contributed by atoms with Crippen molar-refractivity contribution in [1.29, 1.82) is 0 Å². The monoisotopic (exact) mass is 469 g/mol. The zero-order valence-corrected chi connectivity index (χ0v) is 19.8. The lowest BCUT2D eigenvalue weighted by atomic mass is 10.1. The first-order valence-electron chi connectivity index (χ1n) is 10.4. The predicted octanol–water partition coefficient (Wildman–Crippen LogP) is 3.80. The number of nitrogens with two attached hydrogens (primary N) is 1. The molecule has 9 nitrogen and oxygen atoms in total. The van der Waals surface area contributed by atoms with E-state index < -0.39 is 9.84 Å². The van der Waals surface area contributed by atoms with Gasteiger partial charge in [0.05, 0.1) is 28.9 Å². The van der Waals surface area contributed by atoms with Crippen molar-refractivity contribution in [3.8, 4) is 5.75 Å². The van der Waals surface area contributed by atoms with E-state index in [-0.39, 0.29) is 17.1 Å². The molecular weight excluding hydrogens is 442 g/mol. The third-order valence-corrected chi connectivity index (χ3v) is 6.20. The number of carbonyl (C=O) groups excluding carboxylic acids is 1. The summed E-state index contributed by atoms with van der Waals surface area (Å²) in [5.41, 5.74) is 2.40. The highest BCUT2D eigenvalue weighted by molar-refractivity contribution is 7.90. The summed E-state index contributed by atoms with van der Waals surface area (Å²) in [4.78, 5) is 21.2. The molecule has 0 spiro atoms. The van der Waals surface area contributed by atoms with Gasteiger partial charge in [0.15, 0.2) is 15.6 Å². The van der Waals surface area contributed by atoms with Crippen LogP contribution in [0.3, 0.4) is 0 Å². The zero-order chi connectivity index (χ0) is 24.2. The van der Waals surface area contributed by atoms with Crippen LogP contribution in [0.2, 0.25) is 0 Å². The SMILES string of the molecule is CCC(=O)c1cnc(Nc2ccc(S(C)(=O)=O)cn2)cc1N(N)c1cccc(CC)c1OC. The number of hydrazine groups is 1. The van der Waals surface area contributed by atoms with Crippen LogP contribution >= 0.6 is 0 Å². The van der Waals surface area contributed by atoms with Crippen molar-refractivity contribution < 1.29 is 17.9 Å². The number of ether oxygens (including phenoxy) is 1. The summed E-state index contributed by atoms with van der Waals surface area (Å²) in [6.45, 7) is 3.79. The molecule has 0 atom stereocenters. The molecule has 10 heteroatoms. The average molecular weight is 470 g/mol. The maximum atomic E-state index is 12.6. The van der Waals surface area contributed by atoms with Gasteiger partial charge in [0.1, 0.15) is 17.4 Å². The van der Waals surface area contributed by atoms with Gasteiger partial charge >= 0.3 is 0 Å². The molecule has 1 aromatic carbocycles. The Morgan fingerprint density at radius 1 is 1.09 bits per heavy atom. The highest BCUT2D eigenvalue weighted by Crippen LogP contribution is 2.37. The number of nitrogens with zero attached hydrogens (tertiary/aromatic N) is 3. The molecule has 0 aliphatic carbocycles.